The highest BCUT2D eigenvalue weighted by Crippen LogP contribution is 2.54. The van der Waals surface area contributed by atoms with Crippen molar-refractivity contribution in [3.05, 3.63) is 336 Å². The molecule has 7 heteroatoms. The summed E-state index contributed by atoms with van der Waals surface area (Å²) in [6.45, 7) is 55.9. The van der Waals surface area contributed by atoms with Crippen LogP contribution in [0.4, 0.5) is 34.1 Å². The molecule has 6 nitrogen and oxygen atoms in total. The van der Waals surface area contributed by atoms with Crippen molar-refractivity contribution < 1.29 is 4.42 Å². The Morgan fingerprint density at radius 3 is 0.922 bits per heavy atom. The van der Waals surface area contributed by atoms with Crippen molar-refractivity contribution in [3.63, 3.8) is 0 Å². The number of hydrogen-bond donors (Lipinski definition) is 0. The van der Waals surface area contributed by atoms with Crippen LogP contribution in [-0.4, -0.2) is 20.4 Å². The van der Waals surface area contributed by atoms with Crippen LogP contribution < -0.4 is 26.2 Å². The summed E-state index contributed by atoms with van der Waals surface area (Å²) in [6.07, 6.45) is 0. The van der Waals surface area contributed by atoms with Gasteiger partial charge in [-0.25, -0.2) is 0 Å². The van der Waals surface area contributed by atoms with Crippen molar-refractivity contribution >= 4 is 145 Å². The van der Waals surface area contributed by atoms with Crippen LogP contribution in [0.25, 0.3) is 138 Å². The number of fused-ring (bicyclic) bond motifs is 16. The van der Waals surface area contributed by atoms with E-state index in [2.05, 4.69) is 481 Å². The predicted octanol–water partition coefficient (Wildman–Crippen LogP) is 32.3. The average Bonchev–Trinajstić information content (AvgIpc) is 1.16. The third-order valence-electron chi connectivity index (χ3n) is 28.4. The Hall–Kier alpha value is -12.8. The average molecular weight is 1680 g/mol. The van der Waals surface area contributed by atoms with E-state index in [1.807, 2.05) is 0 Å². The summed E-state index contributed by atoms with van der Waals surface area (Å²) in [6, 6.07) is 114. The molecule has 0 bridgehead atoms. The topological polar surface area (TPSA) is 34.4 Å². The van der Waals surface area contributed by atoms with Gasteiger partial charge in [0.05, 0.1) is 50.2 Å². The first kappa shape index (κ1) is 83.1. The molecule has 0 unspecified atom stereocenters. The van der Waals surface area contributed by atoms with E-state index in [4.69, 9.17) is 4.42 Å². The Morgan fingerprint density at radius 2 is 0.527 bits per heavy atom. The molecule has 2 aliphatic rings. The van der Waals surface area contributed by atoms with Gasteiger partial charge < -0.3 is 27.9 Å². The Kier molecular flexibility index (Phi) is 18.6. The van der Waals surface area contributed by atoms with Crippen LogP contribution in [0.15, 0.2) is 296 Å². The molecule has 129 heavy (non-hydrogen) atoms. The lowest BCUT2D eigenvalue weighted by Crippen LogP contribution is -2.61. The fraction of sp³-hybridized carbons (Fsp3) is 0.262. The van der Waals surface area contributed by atoms with Gasteiger partial charge in [-0.1, -0.05) is 324 Å². The van der Waals surface area contributed by atoms with Crippen molar-refractivity contribution in [2.24, 2.45) is 0 Å². The second-order valence-corrected chi connectivity index (χ2v) is 45.6. The molecule has 6 heterocycles. The maximum Gasteiger partial charge on any atom is 0.252 e. The Labute approximate surface area is 763 Å². The number of aromatic nitrogens is 3. The smallest absolute Gasteiger partial charge is 0.252 e. The van der Waals surface area contributed by atoms with Crippen LogP contribution in [0.1, 0.15) is 211 Å². The second kappa shape index (κ2) is 28.8. The highest BCUT2D eigenvalue weighted by molar-refractivity contribution is 7.00. The van der Waals surface area contributed by atoms with E-state index in [-0.39, 0.29) is 50.0 Å². The summed E-state index contributed by atoms with van der Waals surface area (Å²) in [5, 5.41) is 9.50. The third-order valence-corrected chi connectivity index (χ3v) is 28.4. The molecule has 0 amide bonds. The summed E-state index contributed by atoms with van der Waals surface area (Å²) in [5.74, 6) is 0. The summed E-state index contributed by atoms with van der Waals surface area (Å²) >= 11 is 0. The minimum atomic E-state index is -0.306. The van der Waals surface area contributed by atoms with Crippen LogP contribution in [0.5, 0.6) is 0 Å². The number of furan rings is 1. The molecule has 0 spiro atoms. The highest BCUT2D eigenvalue weighted by Gasteiger charge is 2.46. The third kappa shape index (κ3) is 13.8. The fourth-order valence-electron chi connectivity index (χ4n) is 20.8. The van der Waals surface area contributed by atoms with Gasteiger partial charge in [0.15, 0.2) is 11.2 Å². The minimum absolute atomic E-state index is 0.0715. The van der Waals surface area contributed by atoms with Gasteiger partial charge in [0.2, 0.25) is 0 Å². The Morgan fingerprint density at radius 1 is 0.194 bits per heavy atom. The summed E-state index contributed by atoms with van der Waals surface area (Å²) in [5.41, 5.74) is 38.1. The molecule has 0 atom stereocenters. The lowest BCUT2D eigenvalue weighted by molar-refractivity contribution is 0.569. The number of para-hydroxylation sites is 2. The van der Waals surface area contributed by atoms with Gasteiger partial charge in [0, 0.05) is 77.2 Å². The molecule has 15 aromatic carbocycles. The SMILES string of the molecule is CC(C)(C)c1cc(-c2ccc3c(c2)N(c2cc(-c4ccccc4)cc(-c4ccccc4)c2)c2cc(-n4c5ccc(C(C)(C)C)cc5c5cc(C(C)(C)C)ccc54)cc4c2B3c2ccc(-n3c5ccc(C(C)(C)C)cc5c5cc(C(C)(C)C)ccc53)cc2N4c2cccc3c2oc2c(-n4c5ccc(C(C)(C)C)cc5c5cc(C(C)(C)C)ccc54)cccc23)cc(C(C)(C)C)c1. The fourth-order valence-corrected chi connectivity index (χ4v) is 20.8. The maximum atomic E-state index is 8.15. The first-order chi connectivity index (χ1) is 61.0. The van der Waals surface area contributed by atoms with E-state index in [1.165, 1.54) is 98.8 Å². The van der Waals surface area contributed by atoms with Gasteiger partial charge >= 0.3 is 0 Å². The summed E-state index contributed by atoms with van der Waals surface area (Å²) < 4.78 is 15.8. The molecule has 0 N–H and O–H groups in total. The number of nitrogens with zero attached hydrogens (tertiary/aromatic N) is 5. The van der Waals surface area contributed by atoms with Crippen LogP contribution in [0.3, 0.4) is 0 Å². The molecule has 642 valence electrons. The molecule has 0 saturated heterocycles. The van der Waals surface area contributed by atoms with Crippen LogP contribution in [-0.2, 0) is 43.3 Å². The predicted molar refractivity (Wildman–Crippen MR) is 557 cm³/mol. The van der Waals surface area contributed by atoms with Crippen LogP contribution in [0, 0.1) is 0 Å². The summed E-state index contributed by atoms with van der Waals surface area (Å²) in [4.78, 5) is 5.33. The van der Waals surface area contributed by atoms with Crippen molar-refractivity contribution in [1.29, 1.82) is 0 Å². The standard InChI is InChI=1S/C122H120BN5O/c1-115(2,3)79-42-51-100-92(64-79)93-65-80(116(4,5)6)43-52-101(93)124(100)87-48-50-99-109(70-87)128(107-40-32-38-91-90-37-31-39-106(113(90)129-114(91)107)127-104-55-46-83(119(13,14)15)68-96(104)97-69-84(120(16,17)18)47-56-105(97)127)111-72-89(125-102-53-44-81(117(7,8)9)66-94(102)95-67-82(118(10,11)12)45-54-103(95)125)71-110-112(111)123(99)98-49-41-75(78-58-85(121(19,20)21)63-86(59-78)122(22,23)24)62-108(98)126(110)88-60-76(73-33-27-25-28-34-73)57-77(61-88)74-35-29-26-30-36-74/h25-72H,1-24H3. The largest absolute Gasteiger partial charge is 0.452 e. The normalized spacial score (nSPS) is 13.7. The van der Waals surface area contributed by atoms with E-state index in [0.29, 0.717) is 0 Å². The maximum absolute atomic E-state index is 8.15. The molecule has 4 aromatic heterocycles. The molecule has 0 aliphatic carbocycles. The quantitative estimate of drug-likeness (QED) is 0.142. The van der Waals surface area contributed by atoms with Crippen LogP contribution in [0.2, 0.25) is 0 Å². The molecular weight excluding hydrogens is 1560 g/mol. The van der Waals surface area contributed by atoms with E-state index in [1.54, 1.807) is 0 Å². The molecule has 0 fully saturated rings. The van der Waals surface area contributed by atoms with Gasteiger partial charge in [-0.3, -0.25) is 0 Å². The summed E-state index contributed by atoms with van der Waals surface area (Å²) in [7, 11) is 0. The number of benzene rings is 15. The number of anilines is 6. The van der Waals surface area contributed by atoms with E-state index in [9.17, 15) is 0 Å². The molecular formula is C122H120BN5O. The van der Waals surface area contributed by atoms with E-state index >= 15 is 0 Å². The molecule has 0 radical (unpaired) electrons. The Bertz CT molecular complexity index is 7570. The lowest BCUT2D eigenvalue weighted by Gasteiger charge is -2.44. The van der Waals surface area contributed by atoms with Crippen molar-refractivity contribution in [2.75, 3.05) is 9.80 Å². The van der Waals surface area contributed by atoms with Gasteiger partial charge in [0.1, 0.15) is 0 Å². The zero-order chi connectivity index (χ0) is 90.4. The van der Waals surface area contributed by atoms with E-state index in [0.717, 1.165) is 134 Å². The monoisotopic (exact) mass is 1680 g/mol. The Balaban J connectivity index is 0.930. The van der Waals surface area contributed by atoms with E-state index < -0.39 is 0 Å². The number of rotatable bonds is 8. The van der Waals surface area contributed by atoms with Gasteiger partial charge in [-0.05, 0) is 271 Å². The second-order valence-electron chi connectivity index (χ2n) is 45.6. The minimum Gasteiger partial charge on any atom is -0.452 e. The molecule has 21 rings (SSSR count). The van der Waals surface area contributed by atoms with Crippen molar-refractivity contribution in [1.82, 2.24) is 13.7 Å². The van der Waals surface area contributed by atoms with Crippen LogP contribution >= 0.6 is 0 Å². The number of hydrogen-bond acceptors (Lipinski definition) is 3. The van der Waals surface area contributed by atoms with Crippen molar-refractivity contribution in [3.8, 4) is 50.4 Å². The zero-order valence-corrected chi connectivity index (χ0v) is 79.9. The molecule has 2 aliphatic heterocycles. The van der Waals surface area contributed by atoms with Gasteiger partial charge in [0.25, 0.3) is 6.71 Å². The molecule has 19 aromatic rings. The van der Waals surface area contributed by atoms with Gasteiger partial charge in [-0.15, -0.1) is 0 Å². The lowest BCUT2D eigenvalue weighted by atomic mass is 9.33. The molecule has 0 saturated carbocycles. The first-order valence-electron chi connectivity index (χ1n) is 46.7. The van der Waals surface area contributed by atoms with Crippen molar-refractivity contribution in [2.45, 2.75) is 209 Å². The highest BCUT2D eigenvalue weighted by atomic mass is 16.3. The zero-order valence-electron chi connectivity index (χ0n) is 79.9. The first-order valence-corrected chi connectivity index (χ1v) is 46.7. The van der Waals surface area contributed by atoms with Gasteiger partial charge in [-0.2, -0.15) is 0 Å².